The Bertz CT molecular complexity index is 433. The maximum atomic E-state index is 12.4. The maximum Gasteiger partial charge on any atom is 0.230 e. The first kappa shape index (κ1) is 14.1. The van der Waals surface area contributed by atoms with E-state index in [-0.39, 0.29) is 16.9 Å². The number of hydrogen-bond donors (Lipinski definition) is 2. The first-order valence-electron chi connectivity index (χ1n) is 7.19. The van der Waals surface area contributed by atoms with Gasteiger partial charge in [-0.25, -0.2) is 0 Å². The van der Waals surface area contributed by atoms with Crippen LogP contribution in [0.4, 0.5) is 0 Å². The number of amides is 1. The molecular formula is C16H24N2O. The maximum absolute atomic E-state index is 12.4. The summed E-state index contributed by atoms with van der Waals surface area (Å²) >= 11 is 0. The van der Waals surface area contributed by atoms with Gasteiger partial charge in [0.25, 0.3) is 0 Å². The van der Waals surface area contributed by atoms with Crippen molar-refractivity contribution >= 4 is 5.91 Å². The van der Waals surface area contributed by atoms with Gasteiger partial charge in [0.05, 0.1) is 5.41 Å². The van der Waals surface area contributed by atoms with Crippen molar-refractivity contribution < 1.29 is 4.79 Å². The molecule has 1 fully saturated rings. The Morgan fingerprint density at radius 1 is 1.26 bits per heavy atom. The van der Waals surface area contributed by atoms with E-state index in [2.05, 4.69) is 19.2 Å². The molecule has 3 heteroatoms. The van der Waals surface area contributed by atoms with Gasteiger partial charge in [-0.3, -0.25) is 4.79 Å². The van der Waals surface area contributed by atoms with Crippen LogP contribution in [-0.2, 0) is 10.2 Å². The standard InChI is InChI=1S/C16H24N2O/c1-3-15(17,4-2)12-18-14(19)16(10-11-16)13-8-6-5-7-9-13/h5-9H,3-4,10-12,17H2,1-2H3,(H,18,19). The smallest absolute Gasteiger partial charge is 0.230 e. The third-order valence-corrected chi connectivity index (χ3v) is 4.52. The van der Waals surface area contributed by atoms with Crippen LogP contribution in [0.3, 0.4) is 0 Å². The average molecular weight is 260 g/mol. The third-order valence-electron chi connectivity index (χ3n) is 4.52. The van der Waals surface area contributed by atoms with Crippen LogP contribution in [0, 0.1) is 0 Å². The van der Waals surface area contributed by atoms with Gasteiger partial charge in [0.2, 0.25) is 5.91 Å². The van der Waals surface area contributed by atoms with E-state index >= 15 is 0 Å². The molecule has 0 heterocycles. The van der Waals surface area contributed by atoms with Gasteiger partial charge in [-0.2, -0.15) is 0 Å². The van der Waals surface area contributed by atoms with E-state index in [0.29, 0.717) is 6.54 Å². The molecule has 1 aliphatic rings. The van der Waals surface area contributed by atoms with E-state index in [0.717, 1.165) is 31.2 Å². The molecule has 0 aliphatic heterocycles. The van der Waals surface area contributed by atoms with E-state index in [1.807, 2.05) is 30.3 Å². The van der Waals surface area contributed by atoms with Crippen molar-refractivity contribution in [2.45, 2.75) is 50.5 Å². The topological polar surface area (TPSA) is 55.1 Å². The summed E-state index contributed by atoms with van der Waals surface area (Å²) in [4.78, 5) is 12.4. The minimum absolute atomic E-state index is 0.135. The van der Waals surface area contributed by atoms with Crippen molar-refractivity contribution in [2.24, 2.45) is 5.73 Å². The van der Waals surface area contributed by atoms with Crippen LogP contribution in [0.1, 0.15) is 45.1 Å². The molecule has 1 amide bonds. The third kappa shape index (κ3) is 2.81. The summed E-state index contributed by atoms with van der Waals surface area (Å²) in [6.07, 6.45) is 3.64. The van der Waals surface area contributed by atoms with Crippen molar-refractivity contribution in [1.82, 2.24) is 5.32 Å². The largest absolute Gasteiger partial charge is 0.353 e. The van der Waals surface area contributed by atoms with E-state index in [1.165, 1.54) is 0 Å². The van der Waals surface area contributed by atoms with E-state index in [9.17, 15) is 4.79 Å². The molecule has 0 unspecified atom stereocenters. The molecule has 1 saturated carbocycles. The number of carbonyl (C=O) groups excluding carboxylic acids is 1. The quantitative estimate of drug-likeness (QED) is 0.825. The highest BCUT2D eigenvalue weighted by atomic mass is 16.2. The summed E-state index contributed by atoms with van der Waals surface area (Å²) in [5.41, 5.74) is 6.80. The van der Waals surface area contributed by atoms with E-state index in [1.54, 1.807) is 0 Å². The second-order valence-electron chi connectivity index (χ2n) is 5.70. The van der Waals surface area contributed by atoms with E-state index in [4.69, 9.17) is 5.73 Å². The predicted molar refractivity (Wildman–Crippen MR) is 77.9 cm³/mol. The molecule has 0 atom stereocenters. The second kappa shape index (κ2) is 5.33. The van der Waals surface area contributed by atoms with Crippen LogP contribution in [0.25, 0.3) is 0 Å². The van der Waals surface area contributed by atoms with Crippen molar-refractivity contribution in [3.05, 3.63) is 35.9 Å². The average Bonchev–Trinajstić information content (AvgIpc) is 3.27. The molecule has 104 valence electrons. The summed E-state index contributed by atoms with van der Waals surface area (Å²) < 4.78 is 0. The Morgan fingerprint density at radius 3 is 2.32 bits per heavy atom. The molecule has 1 aliphatic carbocycles. The van der Waals surface area contributed by atoms with Gasteiger partial charge < -0.3 is 11.1 Å². The summed E-state index contributed by atoms with van der Waals surface area (Å²) in [5.74, 6) is 0.135. The minimum Gasteiger partial charge on any atom is -0.353 e. The predicted octanol–water partition coefficient (Wildman–Crippen LogP) is 2.35. The number of hydrogen-bond acceptors (Lipinski definition) is 2. The van der Waals surface area contributed by atoms with Gasteiger partial charge in [0, 0.05) is 12.1 Å². The lowest BCUT2D eigenvalue weighted by molar-refractivity contribution is -0.123. The van der Waals surface area contributed by atoms with Crippen molar-refractivity contribution in [3.63, 3.8) is 0 Å². The summed E-state index contributed by atoms with van der Waals surface area (Å²) in [6.45, 7) is 4.70. The van der Waals surface area contributed by atoms with Crippen LogP contribution in [-0.4, -0.2) is 18.0 Å². The molecule has 0 saturated heterocycles. The molecule has 1 aromatic carbocycles. The van der Waals surface area contributed by atoms with Crippen LogP contribution in [0.15, 0.2) is 30.3 Å². The molecule has 1 aromatic rings. The SMILES string of the molecule is CCC(N)(CC)CNC(=O)C1(c2ccccc2)CC1. The van der Waals surface area contributed by atoms with Gasteiger partial charge in [-0.05, 0) is 31.2 Å². The van der Waals surface area contributed by atoms with Crippen LogP contribution in [0.2, 0.25) is 0 Å². The van der Waals surface area contributed by atoms with Crippen LogP contribution < -0.4 is 11.1 Å². The minimum atomic E-state index is -0.288. The van der Waals surface area contributed by atoms with Gasteiger partial charge in [0.1, 0.15) is 0 Å². The lowest BCUT2D eigenvalue weighted by Gasteiger charge is -2.28. The molecule has 0 aromatic heterocycles. The van der Waals surface area contributed by atoms with Crippen LogP contribution >= 0.6 is 0 Å². The molecule has 0 bridgehead atoms. The van der Waals surface area contributed by atoms with Crippen molar-refractivity contribution in [2.75, 3.05) is 6.54 Å². The molecule has 0 spiro atoms. The monoisotopic (exact) mass is 260 g/mol. The number of carbonyl (C=O) groups is 1. The number of nitrogens with two attached hydrogens (primary N) is 1. The Kier molecular flexibility index (Phi) is 3.95. The zero-order chi connectivity index (χ0) is 13.9. The summed E-state index contributed by atoms with van der Waals surface area (Å²) in [7, 11) is 0. The van der Waals surface area contributed by atoms with Gasteiger partial charge in [-0.15, -0.1) is 0 Å². The Labute approximate surface area is 115 Å². The number of rotatable bonds is 6. The molecule has 2 rings (SSSR count). The number of nitrogens with one attached hydrogen (secondary N) is 1. The summed E-state index contributed by atoms with van der Waals surface area (Å²) in [6, 6.07) is 10.1. The highest BCUT2D eigenvalue weighted by Crippen LogP contribution is 2.48. The Balaban J connectivity index is 2.01. The molecule has 19 heavy (non-hydrogen) atoms. The fraction of sp³-hybridized carbons (Fsp3) is 0.562. The van der Waals surface area contributed by atoms with Crippen molar-refractivity contribution in [3.8, 4) is 0 Å². The Hall–Kier alpha value is -1.35. The summed E-state index contributed by atoms with van der Waals surface area (Å²) in [5, 5.41) is 3.06. The Morgan fingerprint density at radius 2 is 1.84 bits per heavy atom. The highest BCUT2D eigenvalue weighted by molar-refractivity contribution is 5.91. The highest BCUT2D eigenvalue weighted by Gasteiger charge is 2.51. The van der Waals surface area contributed by atoms with Gasteiger partial charge in [0.15, 0.2) is 0 Å². The number of benzene rings is 1. The first-order valence-corrected chi connectivity index (χ1v) is 7.19. The first-order chi connectivity index (χ1) is 9.06. The molecule has 3 nitrogen and oxygen atoms in total. The second-order valence-corrected chi connectivity index (χ2v) is 5.70. The fourth-order valence-corrected chi connectivity index (χ4v) is 2.45. The van der Waals surface area contributed by atoms with Gasteiger partial charge >= 0.3 is 0 Å². The molecular weight excluding hydrogens is 236 g/mol. The zero-order valence-corrected chi connectivity index (χ0v) is 11.9. The molecule has 3 N–H and O–H groups in total. The van der Waals surface area contributed by atoms with Crippen LogP contribution in [0.5, 0.6) is 0 Å². The van der Waals surface area contributed by atoms with Gasteiger partial charge in [-0.1, -0.05) is 44.2 Å². The molecule has 0 radical (unpaired) electrons. The van der Waals surface area contributed by atoms with Crippen molar-refractivity contribution in [1.29, 1.82) is 0 Å². The fourth-order valence-electron chi connectivity index (χ4n) is 2.45. The lowest BCUT2D eigenvalue weighted by Crippen LogP contribution is -2.51. The lowest BCUT2D eigenvalue weighted by atomic mass is 9.92. The van der Waals surface area contributed by atoms with E-state index < -0.39 is 0 Å². The normalized spacial score (nSPS) is 17.0. The zero-order valence-electron chi connectivity index (χ0n) is 11.9.